The van der Waals surface area contributed by atoms with Crippen molar-refractivity contribution in [2.75, 3.05) is 20.3 Å². The first-order valence-electron chi connectivity index (χ1n) is 7.20. The van der Waals surface area contributed by atoms with E-state index in [1.165, 1.54) is 6.42 Å². The Balaban J connectivity index is 2.42. The number of methoxy groups -OCH3 is 1. The summed E-state index contributed by atoms with van der Waals surface area (Å²) in [7, 11) is 1.68. The normalized spacial score (nSPS) is 25.7. The highest BCUT2D eigenvalue weighted by Gasteiger charge is 2.27. The summed E-state index contributed by atoms with van der Waals surface area (Å²) in [6.45, 7) is 3.44. The van der Waals surface area contributed by atoms with E-state index >= 15 is 0 Å². The zero-order valence-corrected chi connectivity index (χ0v) is 11.8. The fourth-order valence-corrected chi connectivity index (χ4v) is 2.81. The van der Waals surface area contributed by atoms with Crippen LogP contribution in [0.25, 0.3) is 0 Å². The minimum absolute atomic E-state index is 0.156. The second kappa shape index (κ2) is 8.48. The first kappa shape index (κ1) is 15.4. The van der Waals surface area contributed by atoms with Gasteiger partial charge in [0.05, 0.1) is 12.6 Å². The van der Waals surface area contributed by atoms with Crippen LogP contribution in [0.15, 0.2) is 0 Å². The van der Waals surface area contributed by atoms with Crippen LogP contribution >= 0.6 is 0 Å². The molecule has 18 heavy (non-hydrogen) atoms. The van der Waals surface area contributed by atoms with Crippen molar-refractivity contribution < 1.29 is 9.53 Å². The maximum atomic E-state index is 12.2. The lowest BCUT2D eigenvalue weighted by atomic mass is 9.81. The van der Waals surface area contributed by atoms with Crippen LogP contribution in [0, 0.1) is 11.8 Å². The predicted octanol–water partition coefficient (Wildman–Crippen LogP) is 1.68. The van der Waals surface area contributed by atoms with Crippen molar-refractivity contribution in [1.29, 1.82) is 0 Å². The van der Waals surface area contributed by atoms with Crippen molar-refractivity contribution in [2.45, 2.75) is 51.5 Å². The highest BCUT2D eigenvalue weighted by atomic mass is 16.5. The van der Waals surface area contributed by atoms with Crippen molar-refractivity contribution in [2.24, 2.45) is 17.6 Å². The number of rotatable bonds is 7. The molecule has 1 fully saturated rings. The molecule has 106 valence electrons. The third kappa shape index (κ3) is 4.94. The molecule has 0 saturated heterocycles. The molecule has 0 spiro atoms. The molecule has 1 aliphatic carbocycles. The molecular formula is C14H28N2O2. The van der Waals surface area contributed by atoms with Crippen LogP contribution in [-0.4, -0.2) is 32.2 Å². The van der Waals surface area contributed by atoms with E-state index < -0.39 is 0 Å². The lowest BCUT2D eigenvalue weighted by molar-refractivity contribution is -0.127. The number of amides is 1. The van der Waals surface area contributed by atoms with E-state index in [9.17, 15) is 4.79 Å². The summed E-state index contributed by atoms with van der Waals surface area (Å²) in [6, 6.07) is 0.158. The molecule has 0 aliphatic heterocycles. The molecule has 3 N–H and O–H groups in total. The highest BCUT2D eigenvalue weighted by Crippen LogP contribution is 2.28. The standard InChI is InChI=1S/C14H28N2O2/c1-3-5-13(10-18-2)16-14(17)12-7-4-6-11(8-12)9-15/h11-13H,3-10,15H2,1-2H3,(H,16,17). The second-order valence-electron chi connectivity index (χ2n) is 5.41. The van der Waals surface area contributed by atoms with Crippen LogP contribution in [0.4, 0.5) is 0 Å². The Bertz CT molecular complexity index is 240. The molecule has 0 aromatic rings. The summed E-state index contributed by atoms with van der Waals surface area (Å²) in [5.74, 6) is 0.883. The van der Waals surface area contributed by atoms with Crippen LogP contribution in [0.5, 0.6) is 0 Å². The number of carbonyl (C=O) groups excluding carboxylic acids is 1. The average Bonchev–Trinajstić information content (AvgIpc) is 2.39. The first-order valence-corrected chi connectivity index (χ1v) is 7.20. The molecule has 0 radical (unpaired) electrons. The largest absolute Gasteiger partial charge is 0.383 e. The van der Waals surface area contributed by atoms with E-state index in [0.717, 1.165) is 32.1 Å². The van der Waals surface area contributed by atoms with E-state index in [1.807, 2.05) is 0 Å². The van der Waals surface area contributed by atoms with Gasteiger partial charge in [0.25, 0.3) is 0 Å². The third-order valence-corrected chi connectivity index (χ3v) is 3.84. The van der Waals surface area contributed by atoms with Gasteiger partial charge in [0.1, 0.15) is 0 Å². The van der Waals surface area contributed by atoms with Gasteiger partial charge in [0.15, 0.2) is 0 Å². The zero-order chi connectivity index (χ0) is 13.4. The average molecular weight is 256 g/mol. The predicted molar refractivity (Wildman–Crippen MR) is 73.2 cm³/mol. The molecule has 1 rings (SSSR count). The summed E-state index contributed by atoms with van der Waals surface area (Å²) in [5.41, 5.74) is 5.71. The molecule has 0 bridgehead atoms. The van der Waals surface area contributed by atoms with Crippen LogP contribution in [0.2, 0.25) is 0 Å². The van der Waals surface area contributed by atoms with Crippen molar-refractivity contribution >= 4 is 5.91 Å². The van der Waals surface area contributed by atoms with Gasteiger partial charge in [0, 0.05) is 13.0 Å². The minimum Gasteiger partial charge on any atom is -0.383 e. The summed E-state index contributed by atoms with van der Waals surface area (Å²) >= 11 is 0. The summed E-state index contributed by atoms with van der Waals surface area (Å²) in [5, 5.41) is 3.13. The van der Waals surface area contributed by atoms with Gasteiger partial charge >= 0.3 is 0 Å². The van der Waals surface area contributed by atoms with E-state index in [2.05, 4.69) is 12.2 Å². The number of nitrogens with one attached hydrogen (secondary N) is 1. The molecule has 0 aromatic carbocycles. The molecule has 1 aliphatic rings. The third-order valence-electron chi connectivity index (χ3n) is 3.84. The van der Waals surface area contributed by atoms with Gasteiger partial charge < -0.3 is 15.8 Å². The molecular weight excluding hydrogens is 228 g/mol. The maximum Gasteiger partial charge on any atom is 0.223 e. The molecule has 3 atom stereocenters. The van der Waals surface area contributed by atoms with Gasteiger partial charge in [-0.2, -0.15) is 0 Å². The molecule has 3 unspecified atom stereocenters. The molecule has 0 aromatic heterocycles. The lowest BCUT2D eigenvalue weighted by Crippen LogP contribution is -2.43. The maximum absolute atomic E-state index is 12.2. The Hall–Kier alpha value is -0.610. The van der Waals surface area contributed by atoms with Crippen LogP contribution < -0.4 is 11.1 Å². The molecule has 1 amide bonds. The van der Waals surface area contributed by atoms with Crippen molar-refractivity contribution in [3.63, 3.8) is 0 Å². The molecule has 1 saturated carbocycles. The zero-order valence-electron chi connectivity index (χ0n) is 11.8. The van der Waals surface area contributed by atoms with Crippen molar-refractivity contribution in [1.82, 2.24) is 5.32 Å². The number of hydrogen-bond donors (Lipinski definition) is 2. The number of ether oxygens (including phenoxy) is 1. The first-order chi connectivity index (χ1) is 8.71. The Morgan fingerprint density at radius 3 is 2.89 bits per heavy atom. The van der Waals surface area contributed by atoms with Crippen molar-refractivity contribution in [3.8, 4) is 0 Å². The number of hydrogen-bond acceptors (Lipinski definition) is 3. The fraction of sp³-hybridized carbons (Fsp3) is 0.929. The Labute approximate surface area is 111 Å². The lowest BCUT2D eigenvalue weighted by Gasteiger charge is -2.29. The smallest absolute Gasteiger partial charge is 0.223 e. The molecule has 0 heterocycles. The number of carbonyl (C=O) groups is 1. The Kier molecular flexibility index (Phi) is 7.28. The van der Waals surface area contributed by atoms with E-state index in [-0.39, 0.29) is 17.9 Å². The van der Waals surface area contributed by atoms with Crippen LogP contribution in [0.3, 0.4) is 0 Å². The molecule has 4 heteroatoms. The Morgan fingerprint density at radius 1 is 1.50 bits per heavy atom. The quantitative estimate of drug-likeness (QED) is 0.728. The van der Waals surface area contributed by atoms with Crippen LogP contribution in [0.1, 0.15) is 45.4 Å². The fourth-order valence-electron chi connectivity index (χ4n) is 2.81. The van der Waals surface area contributed by atoms with E-state index in [1.54, 1.807) is 7.11 Å². The molecule has 4 nitrogen and oxygen atoms in total. The van der Waals surface area contributed by atoms with Crippen molar-refractivity contribution in [3.05, 3.63) is 0 Å². The highest BCUT2D eigenvalue weighted by molar-refractivity contribution is 5.79. The summed E-state index contributed by atoms with van der Waals surface area (Å²) in [6.07, 6.45) is 6.30. The minimum atomic E-state index is 0.156. The second-order valence-corrected chi connectivity index (χ2v) is 5.41. The van der Waals surface area contributed by atoms with Gasteiger partial charge in [-0.15, -0.1) is 0 Å². The Morgan fingerprint density at radius 2 is 2.28 bits per heavy atom. The monoisotopic (exact) mass is 256 g/mol. The summed E-state index contributed by atoms with van der Waals surface area (Å²) < 4.78 is 5.15. The number of nitrogens with two attached hydrogens (primary N) is 1. The SMILES string of the molecule is CCCC(COC)NC(=O)C1CCCC(CN)C1. The van der Waals surface area contributed by atoms with E-state index in [4.69, 9.17) is 10.5 Å². The summed E-state index contributed by atoms with van der Waals surface area (Å²) in [4.78, 5) is 12.2. The topological polar surface area (TPSA) is 64.3 Å². The van der Waals surface area contributed by atoms with Gasteiger partial charge in [-0.05, 0) is 38.1 Å². The van der Waals surface area contributed by atoms with Crippen LogP contribution in [-0.2, 0) is 9.53 Å². The van der Waals surface area contributed by atoms with Gasteiger partial charge in [0.2, 0.25) is 5.91 Å². The van der Waals surface area contributed by atoms with E-state index in [0.29, 0.717) is 19.1 Å². The van der Waals surface area contributed by atoms with Gasteiger partial charge in [-0.1, -0.05) is 19.8 Å². The van der Waals surface area contributed by atoms with Gasteiger partial charge in [-0.3, -0.25) is 4.79 Å². The van der Waals surface area contributed by atoms with Gasteiger partial charge in [-0.25, -0.2) is 0 Å².